The zero-order valence-corrected chi connectivity index (χ0v) is 11.4. The number of aliphatic hydroxyl groups is 1. The van der Waals surface area contributed by atoms with Gasteiger partial charge in [-0.15, -0.1) is 0 Å². The van der Waals surface area contributed by atoms with E-state index in [1.54, 1.807) is 13.2 Å². The fraction of sp³-hybridized carbons (Fsp3) is 0.200. The lowest BCUT2D eigenvalue weighted by Crippen LogP contribution is -2.00. The number of hydrogen-bond acceptors (Lipinski definition) is 3. The Morgan fingerprint density at radius 3 is 2.74 bits per heavy atom. The van der Waals surface area contributed by atoms with Gasteiger partial charge in [-0.1, -0.05) is 29.8 Å². The van der Waals surface area contributed by atoms with Crippen molar-refractivity contribution < 1.29 is 9.84 Å². The van der Waals surface area contributed by atoms with Crippen LogP contribution in [0.4, 0.5) is 5.69 Å². The summed E-state index contributed by atoms with van der Waals surface area (Å²) >= 11 is 6.17. The van der Waals surface area contributed by atoms with E-state index in [0.717, 1.165) is 22.6 Å². The highest BCUT2D eigenvalue weighted by molar-refractivity contribution is 6.31. The molecule has 0 unspecified atom stereocenters. The van der Waals surface area contributed by atoms with Gasteiger partial charge in [0.2, 0.25) is 0 Å². The van der Waals surface area contributed by atoms with Crippen LogP contribution in [0.3, 0.4) is 0 Å². The van der Waals surface area contributed by atoms with Crippen molar-refractivity contribution in [1.29, 1.82) is 0 Å². The van der Waals surface area contributed by atoms with Gasteiger partial charge in [0.25, 0.3) is 0 Å². The maximum atomic E-state index is 9.09. The van der Waals surface area contributed by atoms with Gasteiger partial charge in [-0.05, 0) is 35.4 Å². The number of methoxy groups -OCH3 is 1. The van der Waals surface area contributed by atoms with Gasteiger partial charge in [-0.25, -0.2) is 0 Å². The minimum Gasteiger partial charge on any atom is -0.497 e. The Bertz CT molecular complexity index is 558. The summed E-state index contributed by atoms with van der Waals surface area (Å²) in [4.78, 5) is 0. The van der Waals surface area contributed by atoms with E-state index in [2.05, 4.69) is 5.32 Å². The van der Waals surface area contributed by atoms with Crippen molar-refractivity contribution in [3.63, 3.8) is 0 Å². The van der Waals surface area contributed by atoms with Gasteiger partial charge in [-0.3, -0.25) is 0 Å². The van der Waals surface area contributed by atoms with Crippen molar-refractivity contribution in [2.45, 2.75) is 13.2 Å². The van der Waals surface area contributed by atoms with Crippen molar-refractivity contribution in [1.82, 2.24) is 0 Å². The number of aliphatic hydroxyl groups excluding tert-OH is 1. The summed E-state index contributed by atoms with van der Waals surface area (Å²) in [7, 11) is 1.62. The second kappa shape index (κ2) is 6.45. The third kappa shape index (κ3) is 3.63. The van der Waals surface area contributed by atoms with Crippen LogP contribution in [0, 0.1) is 0 Å². The van der Waals surface area contributed by atoms with Crippen LogP contribution in [0.25, 0.3) is 0 Å². The summed E-state index contributed by atoms with van der Waals surface area (Å²) < 4.78 is 5.11. The second-order valence-corrected chi connectivity index (χ2v) is 4.58. The van der Waals surface area contributed by atoms with Gasteiger partial charge in [0.05, 0.1) is 13.7 Å². The van der Waals surface area contributed by atoms with Crippen molar-refractivity contribution in [2.24, 2.45) is 0 Å². The highest BCUT2D eigenvalue weighted by atomic mass is 35.5. The maximum absolute atomic E-state index is 9.09. The summed E-state index contributed by atoms with van der Waals surface area (Å²) in [6.07, 6.45) is 0. The van der Waals surface area contributed by atoms with Gasteiger partial charge in [0, 0.05) is 17.3 Å². The minimum absolute atomic E-state index is 0.0405. The first-order valence-electron chi connectivity index (χ1n) is 5.99. The Morgan fingerprint density at radius 2 is 2.05 bits per heavy atom. The molecule has 0 heterocycles. The molecule has 2 N–H and O–H groups in total. The quantitative estimate of drug-likeness (QED) is 0.879. The van der Waals surface area contributed by atoms with Gasteiger partial charge in [0.1, 0.15) is 5.75 Å². The number of nitrogens with one attached hydrogen (secondary N) is 1. The molecule has 100 valence electrons. The SMILES string of the molecule is COc1ccc(CNc2cccc(CO)c2)c(Cl)c1. The summed E-state index contributed by atoms with van der Waals surface area (Å²) in [6.45, 7) is 0.663. The second-order valence-electron chi connectivity index (χ2n) is 4.17. The van der Waals surface area contributed by atoms with Gasteiger partial charge < -0.3 is 15.2 Å². The van der Waals surface area contributed by atoms with Crippen LogP contribution in [0.1, 0.15) is 11.1 Å². The van der Waals surface area contributed by atoms with Crippen LogP contribution in [0.5, 0.6) is 5.75 Å². The first-order chi connectivity index (χ1) is 9.22. The Hall–Kier alpha value is -1.71. The molecule has 2 aromatic carbocycles. The molecule has 0 spiro atoms. The van der Waals surface area contributed by atoms with E-state index >= 15 is 0 Å². The molecule has 0 atom stereocenters. The van der Waals surface area contributed by atoms with E-state index in [0.29, 0.717) is 11.6 Å². The summed E-state index contributed by atoms with van der Waals surface area (Å²) in [5.41, 5.74) is 2.83. The number of halogens is 1. The van der Waals surface area contributed by atoms with Crippen molar-refractivity contribution in [3.8, 4) is 5.75 Å². The highest BCUT2D eigenvalue weighted by Crippen LogP contribution is 2.23. The molecule has 0 aliphatic rings. The maximum Gasteiger partial charge on any atom is 0.120 e. The molecule has 0 fully saturated rings. The summed E-state index contributed by atoms with van der Waals surface area (Å²) in [5, 5.41) is 13.0. The molecule has 0 bridgehead atoms. The first kappa shape index (κ1) is 13.7. The number of benzene rings is 2. The highest BCUT2D eigenvalue weighted by Gasteiger charge is 2.02. The first-order valence-corrected chi connectivity index (χ1v) is 6.37. The molecular formula is C15H16ClNO2. The van der Waals surface area contributed by atoms with E-state index in [1.807, 2.05) is 36.4 Å². The van der Waals surface area contributed by atoms with Crippen molar-refractivity contribution >= 4 is 17.3 Å². The number of hydrogen-bond donors (Lipinski definition) is 2. The molecule has 0 amide bonds. The molecule has 0 aromatic heterocycles. The lowest BCUT2D eigenvalue weighted by molar-refractivity contribution is 0.282. The van der Waals surface area contributed by atoms with Gasteiger partial charge in [-0.2, -0.15) is 0 Å². The van der Waals surface area contributed by atoms with Crippen LogP contribution in [-0.2, 0) is 13.2 Å². The molecule has 2 aromatic rings. The summed E-state index contributed by atoms with van der Waals surface area (Å²) in [6, 6.07) is 13.3. The molecule has 0 saturated heterocycles. The van der Waals surface area contributed by atoms with E-state index in [-0.39, 0.29) is 6.61 Å². The third-order valence-corrected chi connectivity index (χ3v) is 3.20. The molecule has 19 heavy (non-hydrogen) atoms. The number of ether oxygens (including phenoxy) is 1. The summed E-state index contributed by atoms with van der Waals surface area (Å²) in [5.74, 6) is 0.746. The average molecular weight is 278 g/mol. The van der Waals surface area contributed by atoms with Crippen molar-refractivity contribution in [2.75, 3.05) is 12.4 Å². The zero-order valence-electron chi connectivity index (χ0n) is 10.7. The van der Waals surface area contributed by atoms with Crippen LogP contribution in [0.15, 0.2) is 42.5 Å². The molecule has 2 rings (SSSR count). The topological polar surface area (TPSA) is 41.5 Å². The minimum atomic E-state index is 0.0405. The monoisotopic (exact) mass is 277 g/mol. The van der Waals surface area contributed by atoms with Crippen LogP contribution < -0.4 is 10.1 Å². The molecule has 4 heteroatoms. The lowest BCUT2D eigenvalue weighted by atomic mass is 10.2. The standard InChI is InChI=1S/C15H16ClNO2/c1-19-14-6-5-12(15(16)8-14)9-17-13-4-2-3-11(7-13)10-18/h2-8,17-18H,9-10H2,1H3. The average Bonchev–Trinajstić information content (AvgIpc) is 2.46. The predicted octanol–water partition coefficient (Wildman–Crippen LogP) is 3.45. The van der Waals surface area contributed by atoms with E-state index in [1.165, 1.54) is 0 Å². The van der Waals surface area contributed by atoms with E-state index in [4.69, 9.17) is 21.4 Å². The van der Waals surface area contributed by atoms with Gasteiger partial charge >= 0.3 is 0 Å². The fourth-order valence-corrected chi connectivity index (χ4v) is 2.01. The Kier molecular flexibility index (Phi) is 4.66. The number of rotatable bonds is 5. The Balaban J connectivity index is 2.05. The molecule has 0 radical (unpaired) electrons. The van der Waals surface area contributed by atoms with E-state index < -0.39 is 0 Å². The zero-order chi connectivity index (χ0) is 13.7. The van der Waals surface area contributed by atoms with E-state index in [9.17, 15) is 0 Å². The molecule has 3 nitrogen and oxygen atoms in total. The Labute approximate surface area is 117 Å². The van der Waals surface area contributed by atoms with Crippen molar-refractivity contribution in [3.05, 3.63) is 58.6 Å². The Morgan fingerprint density at radius 1 is 1.21 bits per heavy atom. The number of anilines is 1. The third-order valence-electron chi connectivity index (χ3n) is 2.85. The normalized spacial score (nSPS) is 10.3. The predicted molar refractivity (Wildman–Crippen MR) is 77.7 cm³/mol. The van der Waals surface area contributed by atoms with Crippen LogP contribution in [0.2, 0.25) is 5.02 Å². The van der Waals surface area contributed by atoms with Crippen LogP contribution >= 0.6 is 11.6 Å². The molecule has 0 aliphatic carbocycles. The molecule has 0 saturated carbocycles. The fourth-order valence-electron chi connectivity index (χ4n) is 1.78. The molecular weight excluding hydrogens is 262 g/mol. The van der Waals surface area contributed by atoms with Crippen LogP contribution in [-0.4, -0.2) is 12.2 Å². The smallest absolute Gasteiger partial charge is 0.120 e. The van der Waals surface area contributed by atoms with Gasteiger partial charge in [0.15, 0.2) is 0 Å². The molecule has 0 aliphatic heterocycles. The lowest BCUT2D eigenvalue weighted by Gasteiger charge is -2.10. The largest absolute Gasteiger partial charge is 0.497 e.